The Kier molecular flexibility index (Phi) is 4.05. The number of nitrogens with zero attached hydrogens (tertiary/aromatic N) is 2. The van der Waals surface area contributed by atoms with Crippen molar-refractivity contribution in [1.82, 2.24) is 4.90 Å². The molecule has 1 aromatic rings. The van der Waals surface area contributed by atoms with Crippen LogP contribution in [0.25, 0.3) is 0 Å². The van der Waals surface area contributed by atoms with Crippen molar-refractivity contribution in [3.05, 3.63) is 33.4 Å². The van der Waals surface area contributed by atoms with Gasteiger partial charge in [-0.15, -0.1) is 0 Å². The van der Waals surface area contributed by atoms with Crippen molar-refractivity contribution in [3.8, 4) is 0 Å². The minimum absolute atomic E-state index is 0.0570. The van der Waals surface area contributed by atoms with Crippen LogP contribution in [-0.2, 0) is 17.6 Å². The van der Waals surface area contributed by atoms with Crippen molar-refractivity contribution in [1.29, 1.82) is 0 Å². The molecular formula is C12H15BN2O5. The Bertz CT molecular complexity index is 561. The number of rotatable bonds is 2. The number of carbonyl (C=O) groups is 1. The summed E-state index contributed by atoms with van der Waals surface area (Å²) in [6, 6.07) is 2.64. The number of nitro benzene ring substituents is 1. The number of amides is 1. The predicted octanol–water partition coefficient (Wildman–Crippen LogP) is -0.778. The first kappa shape index (κ1) is 14.5. The fourth-order valence-electron chi connectivity index (χ4n) is 2.53. The largest absolute Gasteiger partial charge is 0.488 e. The third-order valence-corrected chi connectivity index (χ3v) is 3.58. The number of fused-ring (bicyclic) bond motifs is 1. The topological polar surface area (TPSA) is 104 Å². The smallest absolute Gasteiger partial charge is 0.423 e. The quantitative estimate of drug-likeness (QED) is 0.419. The van der Waals surface area contributed by atoms with Gasteiger partial charge in [0.2, 0.25) is 5.91 Å². The molecule has 0 aromatic heterocycles. The van der Waals surface area contributed by atoms with Crippen molar-refractivity contribution in [2.24, 2.45) is 0 Å². The van der Waals surface area contributed by atoms with Gasteiger partial charge in [0.1, 0.15) is 0 Å². The molecule has 0 unspecified atom stereocenters. The van der Waals surface area contributed by atoms with E-state index in [1.54, 1.807) is 4.90 Å². The molecule has 106 valence electrons. The molecule has 2 rings (SSSR count). The summed E-state index contributed by atoms with van der Waals surface area (Å²) in [6.07, 6.45) is 0.927. The zero-order valence-electron chi connectivity index (χ0n) is 11.1. The van der Waals surface area contributed by atoms with Crippen LogP contribution in [0, 0.1) is 10.1 Å². The molecule has 0 fully saturated rings. The van der Waals surface area contributed by atoms with Crippen molar-refractivity contribution in [2.45, 2.75) is 19.8 Å². The summed E-state index contributed by atoms with van der Waals surface area (Å²) < 4.78 is 0. The summed E-state index contributed by atoms with van der Waals surface area (Å²) in [5, 5.41) is 29.7. The summed E-state index contributed by atoms with van der Waals surface area (Å²) in [5.41, 5.74) is 1.38. The van der Waals surface area contributed by atoms with E-state index in [0.717, 1.165) is 0 Å². The minimum Gasteiger partial charge on any atom is -0.423 e. The van der Waals surface area contributed by atoms with E-state index in [-0.39, 0.29) is 17.1 Å². The zero-order valence-corrected chi connectivity index (χ0v) is 11.1. The highest BCUT2D eigenvalue weighted by molar-refractivity contribution is 6.59. The van der Waals surface area contributed by atoms with Gasteiger partial charge in [0, 0.05) is 32.1 Å². The fraction of sp³-hybridized carbons (Fsp3) is 0.417. The molecule has 0 atom stereocenters. The van der Waals surface area contributed by atoms with E-state index in [1.165, 1.54) is 19.1 Å². The number of carbonyl (C=O) groups excluding carboxylic acids is 1. The number of hydrogen-bond donors (Lipinski definition) is 2. The molecule has 8 heteroatoms. The van der Waals surface area contributed by atoms with Gasteiger partial charge in [0.15, 0.2) is 0 Å². The van der Waals surface area contributed by atoms with Crippen LogP contribution in [0.5, 0.6) is 0 Å². The second-order valence-corrected chi connectivity index (χ2v) is 4.81. The average Bonchev–Trinajstić information content (AvgIpc) is 2.59. The summed E-state index contributed by atoms with van der Waals surface area (Å²) in [4.78, 5) is 23.4. The van der Waals surface area contributed by atoms with E-state index in [1.807, 2.05) is 0 Å². The Hall–Kier alpha value is -1.93. The summed E-state index contributed by atoms with van der Waals surface area (Å²) in [7, 11) is -1.76. The second kappa shape index (κ2) is 5.60. The summed E-state index contributed by atoms with van der Waals surface area (Å²) in [6.45, 7) is 2.42. The van der Waals surface area contributed by atoms with Gasteiger partial charge in [-0.1, -0.05) is 0 Å². The first-order chi connectivity index (χ1) is 9.40. The third kappa shape index (κ3) is 2.81. The molecule has 2 N–H and O–H groups in total. The van der Waals surface area contributed by atoms with Crippen LogP contribution < -0.4 is 5.46 Å². The lowest BCUT2D eigenvalue weighted by atomic mass is 9.74. The standard InChI is InChI=1S/C12H15BN2O5/c1-8(16)14-4-2-9-6-10(15(19)20)7-12(13(17)18)11(9)3-5-14/h6-7,17-18H,2-5H2,1H3. The van der Waals surface area contributed by atoms with E-state index in [0.29, 0.717) is 37.1 Å². The third-order valence-electron chi connectivity index (χ3n) is 3.58. The maximum atomic E-state index is 11.4. The zero-order chi connectivity index (χ0) is 14.9. The Labute approximate surface area is 116 Å². The highest BCUT2D eigenvalue weighted by Gasteiger charge is 2.26. The van der Waals surface area contributed by atoms with E-state index < -0.39 is 12.0 Å². The predicted molar refractivity (Wildman–Crippen MR) is 72.6 cm³/mol. The molecule has 0 saturated carbocycles. The highest BCUT2D eigenvalue weighted by atomic mass is 16.6. The van der Waals surface area contributed by atoms with Crippen LogP contribution >= 0.6 is 0 Å². The van der Waals surface area contributed by atoms with Crippen LogP contribution in [0.4, 0.5) is 5.69 Å². The fourth-order valence-corrected chi connectivity index (χ4v) is 2.53. The Morgan fingerprint density at radius 3 is 2.55 bits per heavy atom. The molecular weight excluding hydrogens is 263 g/mol. The molecule has 0 saturated heterocycles. The van der Waals surface area contributed by atoms with Crippen LogP contribution in [-0.4, -0.2) is 46.0 Å². The van der Waals surface area contributed by atoms with Gasteiger partial charge in [0.25, 0.3) is 5.69 Å². The Morgan fingerprint density at radius 2 is 2.00 bits per heavy atom. The Morgan fingerprint density at radius 1 is 1.35 bits per heavy atom. The number of non-ortho nitro benzene ring substituents is 1. The molecule has 1 aliphatic rings. The molecule has 1 heterocycles. The lowest BCUT2D eigenvalue weighted by Gasteiger charge is -2.17. The number of benzene rings is 1. The van der Waals surface area contributed by atoms with Crippen LogP contribution in [0.15, 0.2) is 12.1 Å². The normalized spacial score (nSPS) is 14.4. The van der Waals surface area contributed by atoms with Crippen molar-refractivity contribution in [3.63, 3.8) is 0 Å². The monoisotopic (exact) mass is 278 g/mol. The van der Waals surface area contributed by atoms with Crippen LogP contribution in [0.1, 0.15) is 18.1 Å². The molecule has 0 radical (unpaired) electrons. The van der Waals surface area contributed by atoms with Crippen molar-refractivity contribution in [2.75, 3.05) is 13.1 Å². The van der Waals surface area contributed by atoms with Gasteiger partial charge in [-0.3, -0.25) is 14.9 Å². The molecule has 1 aliphatic heterocycles. The first-order valence-corrected chi connectivity index (χ1v) is 6.32. The lowest BCUT2D eigenvalue weighted by Crippen LogP contribution is -2.35. The van der Waals surface area contributed by atoms with Gasteiger partial charge in [0.05, 0.1) is 4.92 Å². The second-order valence-electron chi connectivity index (χ2n) is 4.81. The van der Waals surface area contributed by atoms with Crippen LogP contribution in [0.3, 0.4) is 0 Å². The number of hydrogen-bond acceptors (Lipinski definition) is 5. The highest BCUT2D eigenvalue weighted by Crippen LogP contribution is 2.21. The van der Waals surface area contributed by atoms with Gasteiger partial charge < -0.3 is 14.9 Å². The first-order valence-electron chi connectivity index (χ1n) is 6.32. The van der Waals surface area contributed by atoms with Gasteiger partial charge in [-0.2, -0.15) is 0 Å². The maximum Gasteiger partial charge on any atom is 0.488 e. The van der Waals surface area contributed by atoms with Gasteiger partial charge in [-0.25, -0.2) is 0 Å². The van der Waals surface area contributed by atoms with E-state index in [4.69, 9.17) is 0 Å². The summed E-state index contributed by atoms with van der Waals surface area (Å²) >= 11 is 0. The minimum atomic E-state index is -1.76. The van der Waals surface area contributed by atoms with E-state index in [2.05, 4.69) is 0 Å². The molecule has 1 amide bonds. The van der Waals surface area contributed by atoms with E-state index >= 15 is 0 Å². The maximum absolute atomic E-state index is 11.4. The molecule has 0 bridgehead atoms. The summed E-state index contributed by atoms with van der Waals surface area (Å²) in [5.74, 6) is -0.0570. The van der Waals surface area contributed by atoms with E-state index in [9.17, 15) is 25.0 Å². The van der Waals surface area contributed by atoms with Crippen LogP contribution in [0.2, 0.25) is 0 Å². The molecule has 7 nitrogen and oxygen atoms in total. The molecule has 0 aliphatic carbocycles. The molecule has 0 spiro atoms. The lowest BCUT2D eigenvalue weighted by molar-refractivity contribution is -0.384. The van der Waals surface area contributed by atoms with Crippen molar-refractivity contribution < 1.29 is 19.8 Å². The van der Waals surface area contributed by atoms with Crippen molar-refractivity contribution >= 4 is 24.2 Å². The SMILES string of the molecule is CC(=O)N1CCc2cc([N+](=O)[O-])cc(B(O)O)c2CC1. The van der Waals surface area contributed by atoms with Gasteiger partial charge in [-0.05, 0) is 29.4 Å². The average molecular weight is 278 g/mol. The number of nitro groups is 1. The molecule has 20 heavy (non-hydrogen) atoms. The Balaban J connectivity index is 2.45. The molecule has 1 aromatic carbocycles. The van der Waals surface area contributed by atoms with Gasteiger partial charge >= 0.3 is 7.12 Å².